The Hall–Kier alpha value is -1.65. The number of aromatic nitrogens is 2. The van der Waals surface area contributed by atoms with Gasteiger partial charge in [0.2, 0.25) is 5.70 Å². The van der Waals surface area contributed by atoms with Crippen LogP contribution in [0.1, 0.15) is 32.8 Å². The summed E-state index contributed by atoms with van der Waals surface area (Å²) in [6.07, 6.45) is 5.53. The van der Waals surface area contributed by atoms with E-state index in [1.54, 1.807) is 17.0 Å². The van der Waals surface area contributed by atoms with Crippen LogP contribution in [-0.4, -0.2) is 14.7 Å². The summed E-state index contributed by atoms with van der Waals surface area (Å²) in [6, 6.07) is 0. The van der Waals surface area contributed by atoms with Crippen molar-refractivity contribution in [2.45, 2.75) is 33.7 Å². The van der Waals surface area contributed by atoms with E-state index in [9.17, 15) is 10.1 Å². The van der Waals surface area contributed by atoms with Crippen LogP contribution in [0.5, 0.6) is 0 Å². The molecule has 1 rings (SSSR count). The average molecular weight is 223 g/mol. The molecule has 0 N–H and O–H groups in total. The van der Waals surface area contributed by atoms with Gasteiger partial charge in [0.15, 0.2) is 0 Å². The highest BCUT2D eigenvalue weighted by molar-refractivity contribution is 5.48. The molecule has 0 aromatic carbocycles. The summed E-state index contributed by atoms with van der Waals surface area (Å²) in [7, 11) is 0. The minimum Gasteiger partial charge on any atom is -0.272 e. The topological polar surface area (TPSA) is 61.0 Å². The Kier molecular flexibility index (Phi) is 4.22. The van der Waals surface area contributed by atoms with Crippen LogP contribution in [0.15, 0.2) is 18.1 Å². The van der Waals surface area contributed by atoms with Gasteiger partial charge in [0.1, 0.15) is 0 Å². The summed E-state index contributed by atoms with van der Waals surface area (Å²) in [5, 5.41) is 14.9. The van der Waals surface area contributed by atoms with Crippen LogP contribution in [-0.2, 0) is 6.54 Å². The Balaban J connectivity index is 2.88. The van der Waals surface area contributed by atoms with E-state index in [0.29, 0.717) is 6.42 Å². The van der Waals surface area contributed by atoms with E-state index in [4.69, 9.17) is 0 Å². The van der Waals surface area contributed by atoms with Crippen molar-refractivity contribution in [3.05, 3.63) is 33.8 Å². The van der Waals surface area contributed by atoms with Crippen molar-refractivity contribution in [1.29, 1.82) is 0 Å². The smallest absolute Gasteiger partial charge is 0.247 e. The first-order chi connectivity index (χ1) is 7.52. The van der Waals surface area contributed by atoms with Gasteiger partial charge in [0.05, 0.1) is 11.1 Å². The van der Waals surface area contributed by atoms with Crippen molar-refractivity contribution in [2.24, 2.45) is 5.92 Å². The van der Waals surface area contributed by atoms with Crippen LogP contribution in [0.3, 0.4) is 0 Å². The summed E-state index contributed by atoms with van der Waals surface area (Å²) in [6.45, 7) is 6.68. The Labute approximate surface area is 94.9 Å². The number of hydrogen-bond acceptors (Lipinski definition) is 3. The van der Waals surface area contributed by atoms with Gasteiger partial charge in [-0.15, -0.1) is 0 Å². The second-order valence-electron chi connectivity index (χ2n) is 4.12. The van der Waals surface area contributed by atoms with E-state index in [2.05, 4.69) is 5.10 Å². The zero-order valence-electron chi connectivity index (χ0n) is 9.88. The first-order valence-electron chi connectivity index (χ1n) is 5.40. The standard InChI is InChI=1S/C11H17N3O2/c1-4-13-8-10(7-12-13)6-11(14(15)16)5-9(2)3/h6-9H,4-5H2,1-3H3/b11-6-. The summed E-state index contributed by atoms with van der Waals surface area (Å²) in [5.41, 5.74) is 1.03. The SMILES string of the molecule is CCn1cc(/C=C(/CC(C)C)[N+](=O)[O-])cn1. The fourth-order valence-electron chi connectivity index (χ4n) is 1.42. The second kappa shape index (κ2) is 5.44. The van der Waals surface area contributed by atoms with Gasteiger partial charge < -0.3 is 0 Å². The number of nitrogens with zero attached hydrogens (tertiary/aromatic N) is 3. The molecule has 88 valence electrons. The highest BCUT2D eigenvalue weighted by Crippen LogP contribution is 2.15. The number of allylic oxidation sites excluding steroid dienone is 1. The van der Waals surface area contributed by atoms with Crippen LogP contribution in [0.2, 0.25) is 0 Å². The number of nitro groups is 1. The lowest BCUT2D eigenvalue weighted by molar-refractivity contribution is -0.427. The van der Waals surface area contributed by atoms with E-state index in [1.165, 1.54) is 0 Å². The van der Waals surface area contributed by atoms with Crippen molar-refractivity contribution in [3.8, 4) is 0 Å². The third kappa shape index (κ3) is 3.49. The molecule has 1 aromatic heterocycles. The third-order valence-corrected chi connectivity index (χ3v) is 2.16. The lowest BCUT2D eigenvalue weighted by Gasteiger charge is -2.01. The molecule has 0 unspecified atom stereocenters. The van der Waals surface area contributed by atoms with Crippen LogP contribution < -0.4 is 0 Å². The zero-order chi connectivity index (χ0) is 12.1. The fourth-order valence-corrected chi connectivity index (χ4v) is 1.42. The molecular formula is C11H17N3O2. The highest BCUT2D eigenvalue weighted by Gasteiger charge is 2.13. The van der Waals surface area contributed by atoms with Gasteiger partial charge >= 0.3 is 0 Å². The van der Waals surface area contributed by atoms with Gasteiger partial charge in [-0.05, 0) is 12.8 Å². The molecule has 0 amide bonds. The number of hydrogen-bond donors (Lipinski definition) is 0. The molecule has 1 heterocycles. The van der Waals surface area contributed by atoms with Gasteiger partial charge in [0, 0.05) is 30.8 Å². The van der Waals surface area contributed by atoms with Crippen LogP contribution in [0.25, 0.3) is 6.08 Å². The average Bonchev–Trinajstić information content (AvgIpc) is 2.63. The molecule has 0 atom stereocenters. The quantitative estimate of drug-likeness (QED) is 0.569. The molecule has 5 heteroatoms. The Morgan fingerprint density at radius 2 is 2.38 bits per heavy atom. The predicted octanol–water partition coefficient (Wildman–Crippen LogP) is 2.57. The Bertz CT molecular complexity index is 394. The lowest BCUT2D eigenvalue weighted by Crippen LogP contribution is -2.02. The fraction of sp³-hybridized carbons (Fsp3) is 0.545. The van der Waals surface area contributed by atoms with Crippen molar-refractivity contribution in [3.63, 3.8) is 0 Å². The first-order valence-corrected chi connectivity index (χ1v) is 5.40. The zero-order valence-corrected chi connectivity index (χ0v) is 9.88. The molecule has 0 fully saturated rings. The normalized spacial score (nSPS) is 12.1. The molecule has 16 heavy (non-hydrogen) atoms. The molecular weight excluding hydrogens is 206 g/mol. The summed E-state index contributed by atoms with van der Waals surface area (Å²) in [5.74, 6) is 0.276. The minimum atomic E-state index is -0.316. The monoisotopic (exact) mass is 223 g/mol. The van der Waals surface area contributed by atoms with Gasteiger partial charge in [-0.25, -0.2) is 0 Å². The van der Waals surface area contributed by atoms with Gasteiger partial charge in [-0.1, -0.05) is 13.8 Å². The van der Waals surface area contributed by atoms with Crippen molar-refractivity contribution in [2.75, 3.05) is 0 Å². The maximum atomic E-state index is 10.8. The van der Waals surface area contributed by atoms with Crippen LogP contribution in [0.4, 0.5) is 0 Å². The number of aryl methyl sites for hydroxylation is 1. The molecule has 0 bridgehead atoms. The van der Waals surface area contributed by atoms with E-state index < -0.39 is 0 Å². The molecule has 0 aliphatic rings. The van der Waals surface area contributed by atoms with E-state index in [0.717, 1.165) is 12.1 Å². The number of rotatable bonds is 5. The largest absolute Gasteiger partial charge is 0.272 e. The van der Waals surface area contributed by atoms with E-state index >= 15 is 0 Å². The maximum absolute atomic E-state index is 10.8. The Morgan fingerprint density at radius 1 is 1.69 bits per heavy atom. The molecule has 0 aliphatic carbocycles. The summed E-state index contributed by atoms with van der Waals surface area (Å²) >= 11 is 0. The van der Waals surface area contributed by atoms with E-state index in [-0.39, 0.29) is 16.5 Å². The van der Waals surface area contributed by atoms with Gasteiger partial charge in [0.25, 0.3) is 0 Å². The molecule has 5 nitrogen and oxygen atoms in total. The minimum absolute atomic E-state index is 0.241. The lowest BCUT2D eigenvalue weighted by atomic mass is 10.1. The second-order valence-corrected chi connectivity index (χ2v) is 4.12. The van der Waals surface area contributed by atoms with Crippen molar-refractivity contribution in [1.82, 2.24) is 9.78 Å². The summed E-state index contributed by atoms with van der Waals surface area (Å²) in [4.78, 5) is 10.5. The van der Waals surface area contributed by atoms with Crippen molar-refractivity contribution < 1.29 is 4.92 Å². The van der Waals surface area contributed by atoms with Crippen molar-refractivity contribution >= 4 is 6.08 Å². The predicted molar refractivity (Wildman–Crippen MR) is 62.3 cm³/mol. The first kappa shape index (κ1) is 12.4. The van der Waals surface area contributed by atoms with Gasteiger partial charge in [-0.2, -0.15) is 5.10 Å². The van der Waals surface area contributed by atoms with Crippen LogP contribution in [0, 0.1) is 16.0 Å². The molecule has 0 saturated heterocycles. The summed E-state index contributed by atoms with van der Waals surface area (Å²) < 4.78 is 1.75. The molecule has 1 aromatic rings. The highest BCUT2D eigenvalue weighted by atomic mass is 16.6. The van der Waals surface area contributed by atoms with Gasteiger partial charge in [-0.3, -0.25) is 14.8 Å². The molecule has 0 aliphatic heterocycles. The molecule has 0 radical (unpaired) electrons. The molecule has 0 saturated carbocycles. The van der Waals surface area contributed by atoms with E-state index in [1.807, 2.05) is 27.0 Å². The van der Waals surface area contributed by atoms with Crippen LogP contribution >= 0.6 is 0 Å². The maximum Gasteiger partial charge on any atom is 0.247 e. The molecule has 0 spiro atoms. The third-order valence-electron chi connectivity index (χ3n) is 2.16. The Morgan fingerprint density at radius 3 is 2.81 bits per heavy atom.